The molecule has 0 spiro atoms. The van der Waals surface area contributed by atoms with Crippen molar-refractivity contribution in [2.75, 3.05) is 0 Å². The van der Waals surface area contributed by atoms with Gasteiger partial charge in [-0.05, 0) is 49.7 Å². The Morgan fingerprint density at radius 3 is 2.68 bits per heavy atom. The van der Waals surface area contributed by atoms with Gasteiger partial charge in [-0.2, -0.15) is 0 Å². The molecule has 102 valence electrons. The lowest BCUT2D eigenvalue weighted by atomic mass is 10.0. The normalized spacial score (nSPS) is 21.8. The average Bonchev–Trinajstić information content (AvgIpc) is 2.56. The number of allylic oxidation sites excluding steroid dienone is 3. The quantitative estimate of drug-likeness (QED) is 0.805. The Morgan fingerprint density at radius 1 is 1.37 bits per heavy atom. The molecule has 0 bridgehead atoms. The van der Waals surface area contributed by atoms with E-state index in [0.29, 0.717) is 10.4 Å². The largest absolute Gasteiger partial charge is 0.444 e. The van der Waals surface area contributed by atoms with Gasteiger partial charge in [0, 0.05) is 11.6 Å². The molecule has 1 unspecified atom stereocenters. The van der Waals surface area contributed by atoms with Crippen LogP contribution in [0.2, 0.25) is 0 Å². The summed E-state index contributed by atoms with van der Waals surface area (Å²) in [7, 11) is 0. The maximum Gasteiger partial charge on any atom is 0.413 e. The molecule has 1 amide bonds. The molecule has 5 nitrogen and oxygen atoms in total. The van der Waals surface area contributed by atoms with Gasteiger partial charge in [-0.25, -0.2) is 14.8 Å². The van der Waals surface area contributed by atoms with Crippen molar-refractivity contribution in [2.45, 2.75) is 33.3 Å². The highest BCUT2D eigenvalue weighted by Crippen LogP contribution is 2.25. The molecule has 2 aliphatic rings. The van der Waals surface area contributed by atoms with Crippen LogP contribution in [0.4, 0.5) is 4.79 Å². The van der Waals surface area contributed by atoms with Crippen molar-refractivity contribution in [3.8, 4) is 0 Å². The lowest BCUT2D eigenvalue weighted by molar-refractivity contribution is 0.0545. The molecule has 0 aliphatic carbocycles. The number of aliphatic imine (C=N–C) groups is 2. The molecule has 2 aliphatic heterocycles. The average molecular weight is 326 g/mol. The zero-order valence-corrected chi connectivity index (χ0v) is 12.9. The summed E-state index contributed by atoms with van der Waals surface area (Å²) in [5.41, 5.74) is 1.20. The number of fused-ring (bicyclic) bond motifs is 1. The molecule has 2 rings (SSSR count). The van der Waals surface area contributed by atoms with Crippen molar-refractivity contribution in [1.29, 1.82) is 0 Å². The summed E-state index contributed by atoms with van der Waals surface area (Å²) in [4.78, 5) is 20.3. The number of nitrogens with one attached hydrogen (secondary N) is 1. The monoisotopic (exact) mass is 325 g/mol. The van der Waals surface area contributed by atoms with Crippen LogP contribution in [0, 0.1) is 5.92 Å². The Kier molecular flexibility index (Phi) is 3.62. The van der Waals surface area contributed by atoms with Crippen LogP contribution >= 0.6 is 15.9 Å². The van der Waals surface area contributed by atoms with Gasteiger partial charge in [-0.1, -0.05) is 6.08 Å². The lowest BCUT2D eigenvalue weighted by Crippen LogP contribution is -2.31. The highest BCUT2D eigenvalue weighted by Gasteiger charge is 2.27. The fourth-order valence-corrected chi connectivity index (χ4v) is 2.42. The number of carbonyl (C=O) groups excluding carboxylic acids is 1. The van der Waals surface area contributed by atoms with Gasteiger partial charge in [0.1, 0.15) is 16.0 Å². The van der Waals surface area contributed by atoms with Gasteiger partial charge in [0.25, 0.3) is 0 Å². The zero-order chi connectivity index (χ0) is 14.2. The van der Waals surface area contributed by atoms with Crippen LogP contribution < -0.4 is 5.32 Å². The van der Waals surface area contributed by atoms with Crippen LogP contribution in [0.1, 0.15) is 27.7 Å². The van der Waals surface area contributed by atoms with Crippen LogP contribution in [-0.2, 0) is 4.74 Å². The SMILES string of the molecule is CC1=CC2C=C(NC(=O)OC(C)(C)C)N=C2C(Br)=N1. The smallest absolute Gasteiger partial charge is 0.413 e. The van der Waals surface area contributed by atoms with E-state index in [-0.39, 0.29) is 5.92 Å². The van der Waals surface area contributed by atoms with E-state index in [4.69, 9.17) is 4.74 Å². The predicted molar refractivity (Wildman–Crippen MR) is 78.5 cm³/mol. The molecule has 0 saturated carbocycles. The Hall–Kier alpha value is -1.43. The van der Waals surface area contributed by atoms with Gasteiger partial charge in [-0.15, -0.1) is 0 Å². The highest BCUT2D eigenvalue weighted by molar-refractivity contribution is 9.19. The minimum Gasteiger partial charge on any atom is -0.444 e. The summed E-state index contributed by atoms with van der Waals surface area (Å²) in [6.07, 6.45) is 3.36. The van der Waals surface area contributed by atoms with Gasteiger partial charge < -0.3 is 4.74 Å². The number of alkyl carbamates (subject to hydrolysis) is 1. The van der Waals surface area contributed by atoms with Crippen molar-refractivity contribution in [3.63, 3.8) is 0 Å². The van der Waals surface area contributed by atoms with E-state index in [0.717, 1.165) is 11.4 Å². The molecule has 6 heteroatoms. The van der Waals surface area contributed by atoms with Crippen LogP contribution in [0.15, 0.2) is 33.7 Å². The molecule has 0 fully saturated rings. The van der Waals surface area contributed by atoms with E-state index in [9.17, 15) is 4.79 Å². The molecule has 2 heterocycles. The molecule has 1 atom stereocenters. The Bertz CT molecular complexity index is 539. The van der Waals surface area contributed by atoms with Gasteiger partial charge in [0.15, 0.2) is 0 Å². The predicted octanol–water partition coefficient (Wildman–Crippen LogP) is 3.13. The second kappa shape index (κ2) is 4.92. The minimum atomic E-state index is -0.526. The van der Waals surface area contributed by atoms with Gasteiger partial charge in [0.2, 0.25) is 0 Å². The van der Waals surface area contributed by atoms with E-state index in [1.807, 2.05) is 39.8 Å². The van der Waals surface area contributed by atoms with E-state index in [1.165, 1.54) is 0 Å². The first-order chi connectivity index (χ1) is 8.74. The second-order valence-corrected chi connectivity index (χ2v) is 6.16. The summed E-state index contributed by atoms with van der Waals surface area (Å²) in [5.74, 6) is 0.546. The molecule has 0 aromatic heterocycles. The maximum atomic E-state index is 11.7. The molecule has 0 saturated heterocycles. The van der Waals surface area contributed by atoms with Crippen LogP contribution in [0.5, 0.6) is 0 Å². The first-order valence-electron chi connectivity index (χ1n) is 5.98. The summed E-state index contributed by atoms with van der Waals surface area (Å²) in [6.45, 7) is 7.37. The number of halogens is 1. The van der Waals surface area contributed by atoms with E-state index in [2.05, 4.69) is 31.2 Å². The number of amides is 1. The van der Waals surface area contributed by atoms with Crippen LogP contribution in [0.25, 0.3) is 0 Å². The third kappa shape index (κ3) is 3.53. The summed E-state index contributed by atoms with van der Waals surface area (Å²) in [6, 6.07) is 0. The van der Waals surface area contributed by atoms with Gasteiger partial charge in [0.05, 0.1) is 5.71 Å². The summed E-state index contributed by atoms with van der Waals surface area (Å²) in [5, 5.41) is 2.63. The highest BCUT2D eigenvalue weighted by atomic mass is 79.9. The zero-order valence-electron chi connectivity index (χ0n) is 11.3. The molecule has 0 aromatic rings. The van der Waals surface area contributed by atoms with Crippen LogP contribution in [0.3, 0.4) is 0 Å². The molecular formula is C13H16BrN3O2. The number of ether oxygens (including phenoxy) is 1. The van der Waals surface area contributed by atoms with E-state index < -0.39 is 11.7 Å². The van der Waals surface area contributed by atoms with Gasteiger partial charge >= 0.3 is 6.09 Å². The Balaban J connectivity index is 2.07. The number of rotatable bonds is 1. The van der Waals surface area contributed by atoms with E-state index >= 15 is 0 Å². The maximum absolute atomic E-state index is 11.7. The number of nitrogens with zero attached hydrogens (tertiary/aromatic N) is 2. The van der Waals surface area contributed by atoms with Crippen LogP contribution in [-0.4, -0.2) is 22.0 Å². The number of hydrogen-bond acceptors (Lipinski definition) is 4. The standard InChI is InChI=1S/C13H16BrN3O2/c1-7-5-8-6-9(16-10(8)11(14)15-7)17-12(18)19-13(2,3)4/h5-6,8H,1-4H3,(H,17,18). The summed E-state index contributed by atoms with van der Waals surface area (Å²) >= 11 is 3.38. The minimum absolute atomic E-state index is 0.0526. The third-order valence-corrected chi connectivity index (χ3v) is 3.01. The molecule has 0 radical (unpaired) electrons. The first kappa shape index (κ1) is 14.0. The fourth-order valence-electron chi connectivity index (χ4n) is 1.79. The molecule has 0 aromatic carbocycles. The topological polar surface area (TPSA) is 63.0 Å². The molecular weight excluding hydrogens is 310 g/mol. The van der Waals surface area contributed by atoms with Crippen molar-refractivity contribution in [1.82, 2.24) is 5.32 Å². The van der Waals surface area contributed by atoms with Crippen molar-refractivity contribution in [3.05, 3.63) is 23.7 Å². The van der Waals surface area contributed by atoms with Crippen molar-refractivity contribution in [2.24, 2.45) is 15.9 Å². The fraction of sp³-hybridized carbons (Fsp3) is 0.462. The second-order valence-electron chi connectivity index (χ2n) is 5.41. The van der Waals surface area contributed by atoms with Crippen molar-refractivity contribution >= 4 is 32.4 Å². The Labute approximate surface area is 120 Å². The van der Waals surface area contributed by atoms with E-state index in [1.54, 1.807) is 0 Å². The number of carbonyl (C=O) groups is 1. The first-order valence-corrected chi connectivity index (χ1v) is 6.77. The summed E-state index contributed by atoms with van der Waals surface area (Å²) < 4.78 is 5.89. The van der Waals surface area contributed by atoms with Gasteiger partial charge in [-0.3, -0.25) is 5.32 Å². The van der Waals surface area contributed by atoms with Crippen molar-refractivity contribution < 1.29 is 9.53 Å². The number of hydrogen-bond donors (Lipinski definition) is 1. The molecule has 19 heavy (non-hydrogen) atoms. The Morgan fingerprint density at radius 2 is 2.05 bits per heavy atom. The third-order valence-electron chi connectivity index (χ3n) is 2.43. The molecule has 1 N–H and O–H groups in total. The lowest BCUT2D eigenvalue weighted by Gasteiger charge is -2.19.